The maximum absolute atomic E-state index is 14.9. The number of ether oxygens (including phenoxy) is 2. The Morgan fingerprint density at radius 2 is 1.76 bits per heavy atom. The van der Waals surface area contributed by atoms with Gasteiger partial charge < -0.3 is 25.0 Å². The van der Waals surface area contributed by atoms with Crippen molar-refractivity contribution in [2.45, 2.75) is 83.8 Å². The minimum atomic E-state index is -0.802. The minimum absolute atomic E-state index is 0.0441. The van der Waals surface area contributed by atoms with Gasteiger partial charge in [0.2, 0.25) is 11.8 Å². The summed E-state index contributed by atoms with van der Waals surface area (Å²) in [4.78, 5) is 66.9. The molecule has 4 heterocycles. The zero-order valence-electron chi connectivity index (χ0n) is 36.0. The highest BCUT2D eigenvalue weighted by Gasteiger charge is 2.36. The summed E-state index contributed by atoms with van der Waals surface area (Å²) in [5.74, 6) is -2.69. The van der Waals surface area contributed by atoms with Gasteiger partial charge in [-0.3, -0.25) is 33.6 Å². The molecule has 332 valence electrons. The first-order valence-electron chi connectivity index (χ1n) is 22.1. The van der Waals surface area contributed by atoms with E-state index in [4.69, 9.17) is 14.5 Å². The number of hydrogen-bond acceptors (Lipinski definition) is 9. The first-order chi connectivity index (χ1) is 30.4. The fraction of sp³-hybridized carbons (Fsp3) is 0.458. The lowest BCUT2D eigenvalue weighted by atomic mass is 9.90. The van der Waals surface area contributed by atoms with Crippen LogP contribution < -0.4 is 16.2 Å². The highest BCUT2D eigenvalue weighted by Crippen LogP contribution is 2.30. The Hall–Kier alpha value is -5.64. The summed E-state index contributed by atoms with van der Waals surface area (Å²) in [5, 5.41) is 7.33. The predicted octanol–water partition coefficient (Wildman–Crippen LogP) is 6.11. The van der Waals surface area contributed by atoms with Gasteiger partial charge in [0.05, 0.1) is 48.1 Å². The van der Waals surface area contributed by atoms with E-state index in [1.54, 1.807) is 23.1 Å². The number of carbonyl (C=O) groups excluding carboxylic acids is 3. The van der Waals surface area contributed by atoms with Crippen LogP contribution in [0.15, 0.2) is 65.7 Å². The zero-order chi connectivity index (χ0) is 44.1. The molecular formula is C48H55F2N7O6. The average Bonchev–Trinajstić information content (AvgIpc) is 3.28. The van der Waals surface area contributed by atoms with Gasteiger partial charge in [-0.25, -0.2) is 13.8 Å². The molecule has 1 aliphatic carbocycles. The van der Waals surface area contributed by atoms with Crippen LogP contribution in [0.3, 0.4) is 0 Å². The van der Waals surface area contributed by atoms with Crippen molar-refractivity contribution in [1.29, 1.82) is 0 Å². The number of amides is 3. The summed E-state index contributed by atoms with van der Waals surface area (Å²) in [6.07, 6.45) is 7.30. The van der Waals surface area contributed by atoms with E-state index in [9.17, 15) is 28.0 Å². The molecule has 2 saturated heterocycles. The third-order valence-electron chi connectivity index (χ3n) is 12.8. The van der Waals surface area contributed by atoms with E-state index in [-0.39, 0.29) is 55.1 Å². The number of morpholine rings is 1. The monoisotopic (exact) mass is 863 g/mol. The number of nitrogens with one attached hydrogen (secondary N) is 2. The highest BCUT2D eigenvalue weighted by molar-refractivity contribution is 5.98. The van der Waals surface area contributed by atoms with Crippen LogP contribution in [-0.2, 0) is 44.9 Å². The van der Waals surface area contributed by atoms with Gasteiger partial charge in [-0.05, 0) is 118 Å². The summed E-state index contributed by atoms with van der Waals surface area (Å²) < 4.78 is 41.9. The first kappa shape index (κ1) is 44.0. The fourth-order valence-electron chi connectivity index (χ4n) is 9.04. The number of halogens is 2. The van der Waals surface area contributed by atoms with Crippen molar-refractivity contribution in [2.75, 3.05) is 58.0 Å². The maximum atomic E-state index is 14.9. The molecule has 3 aromatic carbocycles. The van der Waals surface area contributed by atoms with Crippen molar-refractivity contribution < 1.29 is 32.6 Å². The molecular weight excluding hydrogens is 809 g/mol. The van der Waals surface area contributed by atoms with Gasteiger partial charge in [-0.15, -0.1) is 0 Å². The molecule has 2 atom stereocenters. The summed E-state index contributed by atoms with van der Waals surface area (Å²) in [6.45, 7) is 8.36. The van der Waals surface area contributed by atoms with E-state index in [1.807, 2.05) is 25.1 Å². The fourth-order valence-corrected chi connectivity index (χ4v) is 9.04. The number of aryl methyl sites for hydroxylation is 2. The maximum Gasteiger partial charge on any atom is 0.261 e. The molecule has 0 radical (unpaired) electrons. The molecule has 0 bridgehead atoms. The van der Waals surface area contributed by atoms with Crippen molar-refractivity contribution >= 4 is 45.2 Å². The van der Waals surface area contributed by atoms with E-state index in [0.29, 0.717) is 74.1 Å². The second-order valence-corrected chi connectivity index (χ2v) is 17.4. The summed E-state index contributed by atoms with van der Waals surface area (Å²) in [6, 6.07) is 14.0. The zero-order valence-corrected chi connectivity index (χ0v) is 36.0. The molecule has 3 aliphatic rings. The van der Waals surface area contributed by atoms with E-state index >= 15 is 0 Å². The van der Waals surface area contributed by atoms with Crippen LogP contribution in [0, 0.1) is 24.5 Å². The number of hydrogen-bond donors (Lipinski definition) is 2. The molecule has 2 N–H and O–H groups in total. The van der Waals surface area contributed by atoms with Gasteiger partial charge in [0.1, 0.15) is 18.4 Å². The lowest BCUT2D eigenvalue weighted by Crippen LogP contribution is -2.51. The Bertz CT molecular complexity index is 2570. The number of nitrogens with zero attached hydrogens (tertiary/aromatic N) is 5. The van der Waals surface area contributed by atoms with Crippen LogP contribution in [0.2, 0.25) is 0 Å². The number of rotatable bonds is 14. The van der Waals surface area contributed by atoms with Gasteiger partial charge >= 0.3 is 0 Å². The minimum Gasteiger partial charge on any atom is -0.379 e. The Morgan fingerprint density at radius 1 is 0.952 bits per heavy atom. The molecule has 0 spiro atoms. The molecule has 8 rings (SSSR count). The molecule has 13 nitrogen and oxygen atoms in total. The van der Waals surface area contributed by atoms with Crippen molar-refractivity contribution in [3.8, 4) is 0 Å². The van der Waals surface area contributed by atoms with E-state index in [2.05, 4.69) is 27.4 Å². The van der Waals surface area contributed by atoms with E-state index in [1.165, 1.54) is 34.2 Å². The normalized spacial score (nSPS) is 18.6. The third-order valence-corrected chi connectivity index (χ3v) is 12.8. The number of aromatic nitrogens is 3. The number of fused-ring (bicyclic) bond motifs is 3. The second kappa shape index (κ2) is 19.4. The summed E-state index contributed by atoms with van der Waals surface area (Å²) in [7, 11) is 0. The van der Waals surface area contributed by atoms with Crippen molar-refractivity contribution in [2.24, 2.45) is 5.92 Å². The summed E-state index contributed by atoms with van der Waals surface area (Å²) >= 11 is 0. The topological polar surface area (TPSA) is 148 Å². The first-order valence-corrected chi connectivity index (χ1v) is 22.1. The Kier molecular flexibility index (Phi) is 13.5. The molecule has 63 heavy (non-hydrogen) atoms. The Labute approximate surface area is 365 Å². The van der Waals surface area contributed by atoms with Gasteiger partial charge in [-0.1, -0.05) is 12.1 Å². The van der Waals surface area contributed by atoms with Crippen LogP contribution >= 0.6 is 0 Å². The van der Waals surface area contributed by atoms with Crippen molar-refractivity contribution in [3.63, 3.8) is 0 Å². The molecule has 2 unspecified atom stereocenters. The number of carbonyl (C=O) groups is 3. The average molecular weight is 864 g/mol. The third kappa shape index (κ3) is 10.4. The van der Waals surface area contributed by atoms with E-state index < -0.39 is 23.2 Å². The van der Waals surface area contributed by atoms with E-state index in [0.717, 1.165) is 61.4 Å². The van der Waals surface area contributed by atoms with Gasteiger partial charge in [0, 0.05) is 73.5 Å². The smallest absolute Gasteiger partial charge is 0.261 e. The summed E-state index contributed by atoms with van der Waals surface area (Å²) in [5.41, 5.74) is 5.16. The lowest BCUT2D eigenvalue weighted by molar-refractivity contribution is -0.166. The molecule has 2 aliphatic heterocycles. The molecule has 5 aromatic rings. The standard InChI is InChI=1S/C48H55F2N7O6/c1-31-37-7-3-4-8-41(37)54-43-25-33(10-13-38(31)43)45(59)51-17-5-6-34(24-32-9-11-35(49)26-40(32)50)46(60)56-19-16-48(2,63-30-56)28-57-29-52-42-27-36(12-14-39(42)47(57)61)53-44(58)15-18-55-20-22-62-23-21-55/h9-14,25-27,29,34H,3-8,15-24,28,30H2,1-2H3,(H,51,59)(H,53,58). The second-order valence-electron chi connectivity index (χ2n) is 17.4. The number of benzene rings is 3. The Morgan fingerprint density at radius 3 is 2.56 bits per heavy atom. The molecule has 3 amide bonds. The number of anilines is 1. The quantitative estimate of drug-likeness (QED) is 0.126. The van der Waals surface area contributed by atoms with Crippen LogP contribution in [0.4, 0.5) is 14.5 Å². The van der Waals surface area contributed by atoms with Gasteiger partial charge in [0.15, 0.2) is 0 Å². The SMILES string of the molecule is Cc1c2c(nc3cc(C(=O)NCCCC(Cc4ccc(F)cc4F)C(=O)N4CCC(C)(Cn5cnc6cc(NC(=O)CCN7CCOCC7)ccc6c5=O)OC4)ccc13)CCCC2. The number of pyridine rings is 1. The van der Waals surface area contributed by atoms with Gasteiger partial charge in [-0.2, -0.15) is 0 Å². The van der Waals surface area contributed by atoms with Crippen molar-refractivity contribution in [3.05, 3.63) is 111 Å². The molecule has 15 heteroatoms. The lowest BCUT2D eigenvalue weighted by Gasteiger charge is -2.40. The highest BCUT2D eigenvalue weighted by atomic mass is 19.1. The van der Waals surface area contributed by atoms with Crippen molar-refractivity contribution in [1.82, 2.24) is 29.7 Å². The largest absolute Gasteiger partial charge is 0.379 e. The van der Waals surface area contributed by atoms with Crippen LogP contribution in [0.5, 0.6) is 0 Å². The van der Waals surface area contributed by atoms with Gasteiger partial charge in [0.25, 0.3) is 11.5 Å². The van der Waals surface area contributed by atoms with Crippen LogP contribution in [0.1, 0.15) is 78.2 Å². The molecule has 2 fully saturated rings. The predicted molar refractivity (Wildman–Crippen MR) is 235 cm³/mol. The van der Waals surface area contributed by atoms with Crippen LogP contribution in [-0.4, -0.2) is 100 Å². The molecule has 0 saturated carbocycles. The molecule has 2 aromatic heterocycles. The Balaban J connectivity index is 0.869. The van der Waals surface area contributed by atoms with Crippen LogP contribution in [0.25, 0.3) is 21.8 Å².